The normalized spacial score (nSPS) is 35.4. The number of aromatic hydroxyl groups is 1. The summed E-state index contributed by atoms with van der Waals surface area (Å²) >= 11 is 0. The number of carbonyl (C=O) groups excluding carboxylic acids is 1. The van der Waals surface area contributed by atoms with Crippen LogP contribution in [-0.4, -0.2) is 23.7 Å². The summed E-state index contributed by atoms with van der Waals surface area (Å²) in [6.07, 6.45) is 7.36. The lowest BCUT2D eigenvalue weighted by molar-refractivity contribution is -0.0167. The van der Waals surface area contributed by atoms with Gasteiger partial charge in [0.15, 0.2) is 11.5 Å². The molecule has 4 aliphatic carbocycles. The van der Waals surface area contributed by atoms with E-state index in [2.05, 4.69) is 5.32 Å². The molecule has 0 aliphatic heterocycles. The molecule has 1 aromatic rings. The number of phenolic OH excluding ortho intramolecular Hbond substituents is 1. The lowest BCUT2D eigenvalue weighted by atomic mass is 9.53. The summed E-state index contributed by atoms with van der Waals surface area (Å²) in [5.74, 6) is 2.46. The zero-order valence-electron chi connectivity index (χ0n) is 13.0. The maximum absolute atomic E-state index is 12.7. The van der Waals surface area contributed by atoms with Gasteiger partial charge >= 0.3 is 0 Å². The van der Waals surface area contributed by atoms with Crippen molar-refractivity contribution < 1.29 is 14.6 Å². The molecule has 118 valence electrons. The molecule has 4 bridgehead atoms. The van der Waals surface area contributed by atoms with Gasteiger partial charge in [0.1, 0.15) is 0 Å². The fraction of sp³-hybridized carbons (Fsp3) is 0.611. The van der Waals surface area contributed by atoms with Crippen molar-refractivity contribution in [2.24, 2.45) is 17.8 Å². The summed E-state index contributed by atoms with van der Waals surface area (Å²) in [5.41, 5.74) is 0.275. The number of para-hydroxylation sites is 1. The number of methoxy groups -OCH3 is 1. The third-order valence-corrected chi connectivity index (χ3v) is 5.88. The lowest BCUT2D eigenvalue weighted by Gasteiger charge is -2.56. The van der Waals surface area contributed by atoms with Gasteiger partial charge in [0, 0.05) is 5.54 Å². The van der Waals surface area contributed by atoms with Crippen molar-refractivity contribution in [2.75, 3.05) is 7.11 Å². The van der Waals surface area contributed by atoms with Gasteiger partial charge in [0.2, 0.25) is 0 Å². The van der Waals surface area contributed by atoms with Gasteiger partial charge in [-0.15, -0.1) is 0 Å². The van der Waals surface area contributed by atoms with E-state index in [0.29, 0.717) is 11.3 Å². The van der Waals surface area contributed by atoms with Gasteiger partial charge in [-0.1, -0.05) is 6.07 Å². The minimum absolute atomic E-state index is 0.0403. The minimum Gasteiger partial charge on any atom is -0.504 e. The van der Waals surface area contributed by atoms with Crippen LogP contribution < -0.4 is 10.1 Å². The Kier molecular flexibility index (Phi) is 3.10. The highest BCUT2D eigenvalue weighted by Gasteiger charge is 2.51. The molecule has 4 fully saturated rings. The molecule has 0 radical (unpaired) electrons. The lowest BCUT2D eigenvalue weighted by Crippen LogP contribution is -2.59. The third-order valence-electron chi connectivity index (χ3n) is 5.88. The molecular formula is C18H23NO3. The molecule has 2 N–H and O–H groups in total. The first-order valence-electron chi connectivity index (χ1n) is 8.27. The second kappa shape index (κ2) is 4.90. The molecule has 1 amide bonds. The first kappa shape index (κ1) is 13.9. The molecule has 0 atom stereocenters. The maximum atomic E-state index is 12.7. The standard InChI is InChI=1S/C18H23NO3/c1-22-15-4-2-3-14(16(15)20)17(21)19-18-8-11-5-12(9-18)7-13(6-11)10-18/h2-4,11-13,20H,5-10H2,1H3,(H,19,21). The van der Waals surface area contributed by atoms with Crippen LogP contribution in [0.5, 0.6) is 11.5 Å². The van der Waals surface area contributed by atoms with E-state index in [9.17, 15) is 9.90 Å². The maximum Gasteiger partial charge on any atom is 0.255 e. The second-order valence-electron chi connectivity index (χ2n) is 7.51. The molecule has 5 rings (SSSR count). The summed E-state index contributed by atoms with van der Waals surface area (Å²) in [5, 5.41) is 13.5. The summed E-state index contributed by atoms with van der Waals surface area (Å²) in [7, 11) is 1.50. The topological polar surface area (TPSA) is 58.6 Å². The van der Waals surface area contributed by atoms with Crippen LogP contribution in [0.15, 0.2) is 18.2 Å². The molecule has 0 unspecified atom stereocenters. The van der Waals surface area contributed by atoms with Gasteiger partial charge < -0.3 is 15.2 Å². The van der Waals surface area contributed by atoms with E-state index < -0.39 is 0 Å². The molecule has 0 spiro atoms. The fourth-order valence-electron chi connectivity index (χ4n) is 5.44. The number of benzene rings is 1. The van der Waals surface area contributed by atoms with Gasteiger partial charge in [-0.25, -0.2) is 0 Å². The van der Waals surface area contributed by atoms with Crippen LogP contribution in [0.1, 0.15) is 48.9 Å². The summed E-state index contributed by atoms with van der Waals surface area (Å²) < 4.78 is 5.10. The van der Waals surface area contributed by atoms with Crippen LogP contribution in [0.4, 0.5) is 0 Å². The van der Waals surface area contributed by atoms with E-state index in [1.165, 1.54) is 26.4 Å². The molecule has 22 heavy (non-hydrogen) atoms. The van der Waals surface area contributed by atoms with Crippen molar-refractivity contribution in [3.8, 4) is 11.5 Å². The summed E-state index contributed by atoms with van der Waals surface area (Å²) in [4.78, 5) is 12.7. The van der Waals surface area contributed by atoms with Crippen molar-refractivity contribution in [3.63, 3.8) is 0 Å². The van der Waals surface area contributed by atoms with Crippen molar-refractivity contribution in [3.05, 3.63) is 23.8 Å². The zero-order valence-corrected chi connectivity index (χ0v) is 13.0. The number of hydrogen-bond donors (Lipinski definition) is 2. The van der Waals surface area contributed by atoms with Gasteiger partial charge in [-0.3, -0.25) is 4.79 Å². The Balaban J connectivity index is 1.57. The van der Waals surface area contributed by atoms with Crippen LogP contribution in [0.2, 0.25) is 0 Å². The van der Waals surface area contributed by atoms with Crippen molar-refractivity contribution >= 4 is 5.91 Å². The van der Waals surface area contributed by atoms with Crippen molar-refractivity contribution in [2.45, 2.75) is 44.1 Å². The number of hydrogen-bond acceptors (Lipinski definition) is 3. The molecule has 0 heterocycles. The van der Waals surface area contributed by atoms with E-state index in [-0.39, 0.29) is 17.2 Å². The smallest absolute Gasteiger partial charge is 0.255 e. The average Bonchev–Trinajstić information content (AvgIpc) is 2.45. The Morgan fingerprint density at radius 3 is 2.32 bits per heavy atom. The van der Waals surface area contributed by atoms with E-state index in [1.54, 1.807) is 18.2 Å². The Morgan fingerprint density at radius 2 is 1.77 bits per heavy atom. The first-order valence-corrected chi connectivity index (χ1v) is 8.27. The monoisotopic (exact) mass is 301 g/mol. The molecule has 0 saturated heterocycles. The predicted molar refractivity (Wildman–Crippen MR) is 83.0 cm³/mol. The first-order chi connectivity index (χ1) is 10.6. The fourth-order valence-corrected chi connectivity index (χ4v) is 5.44. The number of rotatable bonds is 3. The van der Waals surface area contributed by atoms with Crippen LogP contribution in [0.3, 0.4) is 0 Å². The van der Waals surface area contributed by atoms with Gasteiger partial charge in [0.05, 0.1) is 12.7 Å². The molecule has 4 saturated carbocycles. The van der Waals surface area contributed by atoms with Crippen LogP contribution in [0, 0.1) is 17.8 Å². The zero-order chi connectivity index (χ0) is 15.3. The van der Waals surface area contributed by atoms with E-state index >= 15 is 0 Å². The number of nitrogens with one attached hydrogen (secondary N) is 1. The predicted octanol–water partition coefficient (Wildman–Crippen LogP) is 3.10. The highest BCUT2D eigenvalue weighted by Crippen LogP contribution is 2.55. The SMILES string of the molecule is COc1cccc(C(=O)NC23CC4CC(CC(C4)C2)C3)c1O. The number of carbonyl (C=O) groups is 1. The molecule has 4 nitrogen and oxygen atoms in total. The molecule has 4 aliphatic rings. The van der Waals surface area contributed by atoms with Crippen molar-refractivity contribution in [1.29, 1.82) is 0 Å². The van der Waals surface area contributed by atoms with Gasteiger partial charge in [-0.05, 0) is 68.4 Å². The highest BCUT2D eigenvalue weighted by atomic mass is 16.5. The quantitative estimate of drug-likeness (QED) is 0.902. The Bertz CT molecular complexity index is 575. The Hall–Kier alpha value is -1.71. The van der Waals surface area contributed by atoms with Crippen LogP contribution in [-0.2, 0) is 0 Å². The van der Waals surface area contributed by atoms with Gasteiger partial charge in [-0.2, -0.15) is 0 Å². The van der Waals surface area contributed by atoms with E-state index in [1.807, 2.05) is 0 Å². The number of phenols is 1. The third kappa shape index (κ3) is 2.16. The van der Waals surface area contributed by atoms with Crippen LogP contribution >= 0.6 is 0 Å². The largest absolute Gasteiger partial charge is 0.504 e. The number of ether oxygens (including phenoxy) is 1. The molecule has 1 aromatic carbocycles. The number of amides is 1. The Morgan fingerprint density at radius 1 is 1.18 bits per heavy atom. The molecule has 0 aromatic heterocycles. The van der Waals surface area contributed by atoms with E-state index in [0.717, 1.165) is 37.0 Å². The van der Waals surface area contributed by atoms with Gasteiger partial charge in [0.25, 0.3) is 5.91 Å². The second-order valence-corrected chi connectivity index (χ2v) is 7.51. The summed E-state index contributed by atoms with van der Waals surface area (Å²) in [6.45, 7) is 0. The average molecular weight is 301 g/mol. The summed E-state index contributed by atoms with van der Waals surface area (Å²) in [6, 6.07) is 5.07. The molecule has 4 heteroatoms. The van der Waals surface area contributed by atoms with Crippen molar-refractivity contribution in [1.82, 2.24) is 5.32 Å². The Labute approximate surface area is 130 Å². The minimum atomic E-state index is -0.168. The highest BCUT2D eigenvalue weighted by molar-refractivity contribution is 5.98. The molecular weight excluding hydrogens is 278 g/mol. The van der Waals surface area contributed by atoms with Crippen LogP contribution in [0.25, 0.3) is 0 Å². The van der Waals surface area contributed by atoms with E-state index in [4.69, 9.17) is 4.74 Å².